The van der Waals surface area contributed by atoms with E-state index in [1.165, 1.54) is 39.7 Å². The SMILES string of the molecule is Cc1ccc(S(=O)(=O)Nc2c(C)n(C)n(-c3ccccc3)c2=O)cc1C(=O)OCC(=O)c1ccccc1F. The number of nitrogens with zero attached hydrogens (tertiary/aromatic N) is 2. The number of benzene rings is 3. The van der Waals surface area contributed by atoms with Crippen molar-refractivity contribution < 1.29 is 27.1 Å². The van der Waals surface area contributed by atoms with Crippen molar-refractivity contribution in [1.29, 1.82) is 0 Å². The molecule has 0 fully saturated rings. The Morgan fingerprint density at radius 2 is 1.61 bits per heavy atom. The number of rotatable bonds is 8. The van der Waals surface area contributed by atoms with Crippen LogP contribution in [0.4, 0.5) is 10.1 Å². The second-order valence-corrected chi connectivity index (χ2v) is 10.2. The number of nitrogens with one attached hydrogen (secondary N) is 1. The molecule has 0 atom stereocenters. The van der Waals surface area contributed by atoms with E-state index in [-0.39, 0.29) is 21.7 Å². The summed E-state index contributed by atoms with van der Waals surface area (Å²) in [6.07, 6.45) is 0. The monoisotopic (exact) mass is 537 g/mol. The Balaban J connectivity index is 1.59. The zero-order chi connectivity index (χ0) is 27.6. The largest absolute Gasteiger partial charge is 0.454 e. The lowest BCUT2D eigenvalue weighted by Gasteiger charge is -2.11. The molecule has 0 unspecified atom stereocenters. The average Bonchev–Trinajstić information content (AvgIpc) is 3.10. The Bertz CT molecular complexity index is 1710. The summed E-state index contributed by atoms with van der Waals surface area (Å²) in [6, 6.07) is 17.8. The van der Waals surface area contributed by atoms with Crippen LogP contribution >= 0.6 is 0 Å². The van der Waals surface area contributed by atoms with Crippen molar-refractivity contribution in [1.82, 2.24) is 9.36 Å². The highest BCUT2D eigenvalue weighted by Crippen LogP contribution is 2.22. The Hall–Kier alpha value is -4.51. The molecule has 1 aromatic heterocycles. The fourth-order valence-corrected chi connectivity index (χ4v) is 4.98. The highest BCUT2D eigenvalue weighted by molar-refractivity contribution is 7.92. The molecule has 1 heterocycles. The maximum absolute atomic E-state index is 13.8. The van der Waals surface area contributed by atoms with Gasteiger partial charge in [0.2, 0.25) is 5.78 Å². The smallest absolute Gasteiger partial charge is 0.338 e. The minimum absolute atomic E-state index is 0.0966. The predicted octanol–water partition coefficient (Wildman–Crippen LogP) is 3.77. The molecule has 0 radical (unpaired) electrons. The van der Waals surface area contributed by atoms with Gasteiger partial charge in [-0.3, -0.25) is 19.0 Å². The number of sulfonamides is 1. The lowest BCUT2D eigenvalue weighted by molar-refractivity contribution is 0.0472. The number of para-hydroxylation sites is 1. The van der Waals surface area contributed by atoms with Crippen LogP contribution in [0.25, 0.3) is 5.69 Å². The van der Waals surface area contributed by atoms with Gasteiger partial charge < -0.3 is 4.74 Å². The van der Waals surface area contributed by atoms with Gasteiger partial charge in [0.25, 0.3) is 15.6 Å². The number of anilines is 1. The summed E-state index contributed by atoms with van der Waals surface area (Å²) in [4.78, 5) is 37.8. The van der Waals surface area contributed by atoms with E-state index in [9.17, 15) is 27.2 Å². The van der Waals surface area contributed by atoms with Crippen LogP contribution in [0.2, 0.25) is 0 Å². The molecule has 0 aliphatic rings. The second-order valence-electron chi connectivity index (χ2n) is 8.50. The Labute approximate surface area is 218 Å². The third-order valence-corrected chi connectivity index (χ3v) is 7.39. The summed E-state index contributed by atoms with van der Waals surface area (Å²) in [6.45, 7) is 2.44. The zero-order valence-corrected chi connectivity index (χ0v) is 21.6. The van der Waals surface area contributed by atoms with Crippen molar-refractivity contribution in [2.24, 2.45) is 7.05 Å². The summed E-state index contributed by atoms with van der Waals surface area (Å²) >= 11 is 0. The van der Waals surface area contributed by atoms with E-state index in [0.29, 0.717) is 16.9 Å². The van der Waals surface area contributed by atoms with Gasteiger partial charge in [0.15, 0.2) is 6.61 Å². The number of hydrogen-bond acceptors (Lipinski definition) is 6. The van der Waals surface area contributed by atoms with Crippen molar-refractivity contribution in [3.8, 4) is 5.69 Å². The second kappa shape index (κ2) is 10.5. The van der Waals surface area contributed by atoms with Gasteiger partial charge in [-0.1, -0.05) is 36.4 Å². The molecule has 38 heavy (non-hydrogen) atoms. The van der Waals surface area contributed by atoms with Crippen LogP contribution in [0.5, 0.6) is 0 Å². The number of ketones is 1. The van der Waals surface area contributed by atoms with Gasteiger partial charge in [-0.25, -0.2) is 22.3 Å². The molecule has 0 saturated carbocycles. The third kappa shape index (κ3) is 5.14. The van der Waals surface area contributed by atoms with Crippen molar-refractivity contribution in [3.63, 3.8) is 0 Å². The highest BCUT2D eigenvalue weighted by atomic mass is 32.2. The first kappa shape index (κ1) is 26.6. The van der Waals surface area contributed by atoms with Gasteiger partial charge >= 0.3 is 5.97 Å². The first-order chi connectivity index (χ1) is 18.0. The van der Waals surface area contributed by atoms with Crippen LogP contribution in [-0.2, 0) is 21.8 Å². The number of ether oxygens (including phenoxy) is 1. The molecule has 196 valence electrons. The number of aromatic nitrogens is 2. The normalized spacial score (nSPS) is 11.3. The molecule has 0 bridgehead atoms. The number of carbonyl (C=O) groups is 2. The molecule has 0 saturated heterocycles. The minimum Gasteiger partial charge on any atom is -0.454 e. The minimum atomic E-state index is -4.30. The maximum Gasteiger partial charge on any atom is 0.338 e. The maximum atomic E-state index is 13.8. The van der Waals surface area contributed by atoms with Crippen LogP contribution in [-0.4, -0.2) is 36.1 Å². The van der Waals surface area contributed by atoms with Gasteiger partial charge in [0.1, 0.15) is 11.5 Å². The Morgan fingerprint density at radius 3 is 2.29 bits per heavy atom. The van der Waals surface area contributed by atoms with Crippen molar-refractivity contribution in [3.05, 3.63) is 111 Å². The van der Waals surface area contributed by atoms with E-state index >= 15 is 0 Å². The summed E-state index contributed by atoms with van der Waals surface area (Å²) in [7, 11) is -2.67. The molecular weight excluding hydrogens is 513 g/mol. The van der Waals surface area contributed by atoms with E-state index in [2.05, 4.69) is 4.72 Å². The number of carbonyl (C=O) groups excluding carboxylic acids is 2. The number of aryl methyl sites for hydroxylation is 1. The number of esters is 1. The van der Waals surface area contributed by atoms with Gasteiger partial charge in [-0.05, 0) is 55.8 Å². The van der Waals surface area contributed by atoms with E-state index in [0.717, 1.165) is 12.1 Å². The Kier molecular flexibility index (Phi) is 7.31. The van der Waals surface area contributed by atoms with Gasteiger partial charge in [0, 0.05) is 7.05 Å². The lowest BCUT2D eigenvalue weighted by Crippen LogP contribution is -2.23. The fraction of sp³-hybridized carbons (Fsp3) is 0.148. The molecule has 4 aromatic rings. The fourth-order valence-electron chi connectivity index (χ4n) is 3.84. The quantitative estimate of drug-likeness (QED) is 0.270. The molecule has 0 amide bonds. The first-order valence-electron chi connectivity index (χ1n) is 11.4. The molecule has 11 heteroatoms. The Morgan fingerprint density at radius 1 is 0.947 bits per heavy atom. The van der Waals surface area contributed by atoms with Gasteiger partial charge in [-0.2, -0.15) is 0 Å². The number of hydrogen-bond donors (Lipinski definition) is 1. The number of Topliss-reactive ketones (excluding diaryl/α,β-unsaturated/α-hetero) is 1. The average molecular weight is 538 g/mol. The van der Waals surface area contributed by atoms with Crippen LogP contribution in [0.15, 0.2) is 82.5 Å². The van der Waals surface area contributed by atoms with Crippen molar-refractivity contribution >= 4 is 27.5 Å². The van der Waals surface area contributed by atoms with E-state index in [4.69, 9.17) is 4.74 Å². The highest BCUT2D eigenvalue weighted by Gasteiger charge is 2.24. The number of halogens is 1. The molecule has 0 spiro atoms. The van der Waals surface area contributed by atoms with Crippen LogP contribution in [0, 0.1) is 19.7 Å². The van der Waals surface area contributed by atoms with Crippen molar-refractivity contribution in [2.75, 3.05) is 11.3 Å². The van der Waals surface area contributed by atoms with Gasteiger partial charge in [0.05, 0.1) is 27.4 Å². The van der Waals surface area contributed by atoms with Crippen LogP contribution in [0.1, 0.15) is 32.0 Å². The summed E-state index contributed by atoms with van der Waals surface area (Å²) < 4.78 is 50.5. The molecule has 3 aromatic carbocycles. The predicted molar refractivity (Wildman–Crippen MR) is 139 cm³/mol. The molecule has 9 nitrogen and oxygen atoms in total. The molecule has 4 rings (SSSR count). The summed E-state index contributed by atoms with van der Waals surface area (Å²) in [5.74, 6) is -2.44. The van der Waals surface area contributed by atoms with Crippen LogP contribution < -0.4 is 10.3 Å². The summed E-state index contributed by atoms with van der Waals surface area (Å²) in [5, 5.41) is 0. The topological polar surface area (TPSA) is 116 Å². The standard InChI is InChI=1S/C27H24FN3O6S/c1-17-13-14-20(15-22(17)27(34)37-16-24(32)21-11-7-8-12-23(21)28)38(35,36)29-25-18(2)30(3)31(26(25)33)19-9-5-4-6-10-19/h4-15,29H,16H2,1-3H3. The third-order valence-electron chi connectivity index (χ3n) is 6.04. The molecule has 0 aliphatic heterocycles. The van der Waals surface area contributed by atoms with Crippen LogP contribution in [0.3, 0.4) is 0 Å². The lowest BCUT2D eigenvalue weighted by atomic mass is 10.1. The first-order valence-corrected chi connectivity index (χ1v) is 12.9. The zero-order valence-electron chi connectivity index (χ0n) is 20.8. The van der Waals surface area contributed by atoms with E-state index < -0.39 is 39.8 Å². The summed E-state index contributed by atoms with van der Waals surface area (Å²) in [5.41, 5.74) is 0.293. The molecule has 1 N–H and O–H groups in total. The van der Waals surface area contributed by atoms with E-state index in [1.54, 1.807) is 51.2 Å². The molecular formula is C27H24FN3O6S. The molecule has 0 aliphatic carbocycles. The van der Waals surface area contributed by atoms with Gasteiger partial charge in [-0.15, -0.1) is 0 Å². The van der Waals surface area contributed by atoms with Crippen molar-refractivity contribution in [2.45, 2.75) is 18.7 Å². The van der Waals surface area contributed by atoms with E-state index in [1.807, 2.05) is 0 Å².